The topological polar surface area (TPSA) is 78.9 Å². The number of hydroxylamine groups is 2. The minimum absolute atomic E-state index is 0.288. The summed E-state index contributed by atoms with van der Waals surface area (Å²) in [4.78, 5) is 29.5. The van der Waals surface area contributed by atoms with E-state index in [1.165, 1.54) is 0 Å². The Morgan fingerprint density at radius 3 is 2.58 bits per heavy atom. The number of hydrogen-bond donors (Lipinski definition) is 2. The number of aliphatic carboxylic acids is 1. The highest BCUT2D eigenvalue weighted by Gasteiger charge is 2.46. The summed E-state index contributed by atoms with van der Waals surface area (Å²) in [6.07, 6.45) is 0.965. The first kappa shape index (κ1) is 18.8. The van der Waals surface area contributed by atoms with Crippen molar-refractivity contribution >= 4 is 17.3 Å². The first-order valence-corrected chi connectivity index (χ1v) is 8.96. The molecule has 0 radical (unpaired) electrons. The molecule has 0 aliphatic carbocycles. The van der Waals surface area contributed by atoms with E-state index in [1.807, 2.05) is 25.0 Å². The quantitative estimate of drug-likeness (QED) is 0.785. The van der Waals surface area contributed by atoms with E-state index < -0.39 is 17.9 Å². The zero-order valence-electron chi connectivity index (χ0n) is 15.6. The van der Waals surface area contributed by atoms with E-state index in [9.17, 15) is 14.7 Å². The number of rotatable bonds is 5. The van der Waals surface area contributed by atoms with Crippen LogP contribution in [0.4, 0.5) is 0 Å². The molecule has 1 aromatic carbocycles. The van der Waals surface area contributed by atoms with Gasteiger partial charge in [0.15, 0.2) is 5.78 Å². The Kier molecular flexibility index (Phi) is 5.27. The molecule has 1 aromatic rings. The molecule has 2 heterocycles. The molecule has 26 heavy (non-hydrogen) atoms. The number of hydrogen-bond acceptors (Lipinski definition) is 5. The van der Waals surface area contributed by atoms with E-state index in [1.54, 1.807) is 7.11 Å². The van der Waals surface area contributed by atoms with Crippen LogP contribution in [0, 0.1) is 13.8 Å². The van der Waals surface area contributed by atoms with E-state index in [0.717, 1.165) is 35.1 Å². The van der Waals surface area contributed by atoms with Gasteiger partial charge in [0.25, 0.3) is 0 Å². The van der Waals surface area contributed by atoms with Crippen LogP contribution in [0.3, 0.4) is 0 Å². The molecule has 6 heteroatoms. The highest BCUT2D eigenvalue weighted by molar-refractivity contribution is 6.12. The minimum atomic E-state index is -1.08. The van der Waals surface area contributed by atoms with Crippen LogP contribution in [0.5, 0.6) is 0 Å². The van der Waals surface area contributed by atoms with Crippen molar-refractivity contribution in [2.24, 2.45) is 0 Å². The van der Waals surface area contributed by atoms with E-state index in [2.05, 4.69) is 17.4 Å². The molecule has 0 unspecified atom stereocenters. The molecular weight excluding hydrogens is 332 g/mol. The maximum Gasteiger partial charge on any atom is 0.311 e. The third kappa shape index (κ3) is 3.45. The standard InChI is InChI=1S/C20H26N2O4/c1-13-4-5-14(2)15(10-13)16-12-21-20(6-8-22(26-3)9-7-20)19(16)17(23)11-18(24)25/h4-5,10,21H,6-9,11-12H2,1-3H3,(H,24,25). The summed E-state index contributed by atoms with van der Waals surface area (Å²) in [5.74, 6) is -1.37. The number of carbonyl (C=O) groups is 2. The number of ketones is 1. The van der Waals surface area contributed by atoms with Crippen molar-refractivity contribution < 1.29 is 19.5 Å². The first-order valence-electron chi connectivity index (χ1n) is 8.96. The smallest absolute Gasteiger partial charge is 0.311 e. The van der Waals surface area contributed by atoms with Gasteiger partial charge in [0.05, 0.1) is 12.6 Å². The number of carboxylic acid groups (broad SMARTS) is 1. The van der Waals surface area contributed by atoms with Gasteiger partial charge < -0.3 is 15.3 Å². The van der Waals surface area contributed by atoms with E-state index in [-0.39, 0.29) is 5.78 Å². The van der Waals surface area contributed by atoms with Crippen molar-refractivity contribution in [3.8, 4) is 0 Å². The van der Waals surface area contributed by atoms with Crippen LogP contribution < -0.4 is 5.32 Å². The fourth-order valence-electron chi connectivity index (χ4n) is 4.15. The lowest BCUT2D eigenvalue weighted by Crippen LogP contribution is -2.52. The van der Waals surface area contributed by atoms with E-state index in [0.29, 0.717) is 25.2 Å². The van der Waals surface area contributed by atoms with Crippen molar-refractivity contribution in [1.82, 2.24) is 10.4 Å². The van der Waals surface area contributed by atoms with Crippen LogP contribution in [0.2, 0.25) is 0 Å². The Labute approximate surface area is 153 Å². The van der Waals surface area contributed by atoms with Gasteiger partial charge in [-0.3, -0.25) is 9.59 Å². The van der Waals surface area contributed by atoms with Crippen molar-refractivity contribution in [3.63, 3.8) is 0 Å². The number of nitrogens with zero attached hydrogens (tertiary/aromatic N) is 1. The Bertz CT molecular complexity index is 761. The number of carboxylic acids is 1. The van der Waals surface area contributed by atoms with Crippen molar-refractivity contribution in [2.45, 2.75) is 38.6 Å². The van der Waals surface area contributed by atoms with Crippen molar-refractivity contribution in [2.75, 3.05) is 26.7 Å². The molecular formula is C20H26N2O4. The summed E-state index contributed by atoms with van der Waals surface area (Å²) in [5.41, 5.74) is 4.40. The molecule has 3 rings (SSSR count). The monoisotopic (exact) mass is 358 g/mol. The van der Waals surface area contributed by atoms with E-state index >= 15 is 0 Å². The molecule has 1 spiro atoms. The van der Waals surface area contributed by atoms with Crippen LogP contribution in [0.25, 0.3) is 5.57 Å². The van der Waals surface area contributed by atoms with Gasteiger partial charge in [0.2, 0.25) is 0 Å². The Morgan fingerprint density at radius 2 is 1.96 bits per heavy atom. The summed E-state index contributed by atoms with van der Waals surface area (Å²) in [7, 11) is 1.65. The van der Waals surface area contributed by atoms with Crippen LogP contribution in [0.1, 0.15) is 36.0 Å². The lowest BCUT2D eigenvalue weighted by Gasteiger charge is -2.40. The lowest BCUT2D eigenvalue weighted by molar-refractivity contribution is -0.150. The van der Waals surface area contributed by atoms with Gasteiger partial charge in [-0.2, -0.15) is 5.06 Å². The fraction of sp³-hybridized carbons (Fsp3) is 0.500. The molecule has 2 aliphatic heterocycles. The van der Waals surface area contributed by atoms with E-state index in [4.69, 9.17) is 4.84 Å². The third-order valence-corrected chi connectivity index (χ3v) is 5.53. The van der Waals surface area contributed by atoms with Crippen LogP contribution in [-0.2, 0) is 14.4 Å². The molecule has 0 saturated carbocycles. The molecule has 0 atom stereocenters. The highest BCUT2D eigenvalue weighted by atomic mass is 16.7. The molecule has 6 nitrogen and oxygen atoms in total. The number of aryl methyl sites for hydroxylation is 2. The van der Waals surface area contributed by atoms with Crippen molar-refractivity contribution in [1.29, 1.82) is 0 Å². The number of nitrogens with one attached hydrogen (secondary N) is 1. The number of benzene rings is 1. The predicted octanol–water partition coefficient (Wildman–Crippen LogP) is 2.10. The highest BCUT2D eigenvalue weighted by Crippen LogP contribution is 2.41. The van der Waals surface area contributed by atoms with Gasteiger partial charge in [0, 0.05) is 25.2 Å². The lowest BCUT2D eigenvalue weighted by atomic mass is 9.77. The Hall–Kier alpha value is -2.02. The molecule has 1 saturated heterocycles. The molecule has 0 amide bonds. The number of Topliss-reactive ketones (excluding diaryl/α,β-unsaturated/α-hetero) is 1. The Balaban J connectivity index is 2.07. The zero-order valence-corrected chi connectivity index (χ0v) is 15.6. The molecule has 0 aromatic heterocycles. The first-order chi connectivity index (χ1) is 12.4. The van der Waals surface area contributed by atoms with Gasteiger partial charge in [-0.15, -0.1) is 0 Å². The van der Waals surface area contributed by atoms with Gasteiger partial charge in [0.1, 0.15) is 6.42 Å². The van der Waals surface area contributed by atoms with Gasteiger partial charge in [-0.25, -0.2) is 0 Å². The molecule has 2 aliphatic rings. The van der Waals surface area contributed by atoms with Crippen LogP contribution in [-0.4, -0.2) is 54.2 Å². The largest absolute Gasteiger partial charge is 0.481 e. The van der Waals surface area contributed by atoms with Crippen LogP contribution in [0.15, 0.2) is 23.8 Å². The second-order valence-electron chi connectivity index (χ2n) is 7.21. The average Bonchev–Trinajstić information content (AvgIpc) is 2.96. The average molecular weight is 358 g/mol. The summed E-state index contributed by atoms with van der Waals surface area (Å²) in [5, 5.41) is 14.6. The summed E-state index contributed by atoms with van der Waals surface area (Å²) < 4.78 is 0. The van der Waals surface area contributed by atoms with Crippen LogP contribution >= 0.6 is 0 Å². The Morgan fingerprint density at radius 1 is 1.27 bits per heavy atom. The van der Waals surface area contributed by atoms with Gasteiger partial charge >= 0.3 is 5.97 Å². The number of piperidine rings is 1. The van der Waals surface area contributed by atoms with Gasteiger partial charge in [-0.05, 0) is 43.4 Å². The maximum absolute atomic E-state index is 12.9. The minimum Gasteiger partial charge on any atom is -0.481 e. The number of carbonyl (C=O) groups excluding carboxylic acids is 1. The second kappa shape index (κ2) is 7.31. The predicted molar refractivity (Wildman–Crippen MR) is 98.6 cm³/mol. The molecule has 0 bridgehead atoms. The summed E-state index contributed by atoms with van der Waals surface area (Å²) in [6.45, 7) is 6.04. The third-order valence-electron chi connectivity index (χ3n) is 5.53. The summed E-state index contributed by atoms with van der Waals surface area (Å²) >= 11 is 0. The normalized spacial score (nSPS) is 20.0. The maximum atomic E-state index is 12.9. The SMILES string of the molecule is CON1CCC2(CC1)NCC(c1cc(C)ccc1C)=C2C(=O)CC(=O)O. The zero-order chi connectivity index (χ0) is 18.9. The molecule has 2 N–H and O–H groups in total. The van der Waals surface area contributed by atoms with Crippen molar-refractivity contribution in [3.05, 3.63) is 40.5 Å². The fourth-order valence-corrected chi connectivity index (χ4v) is 4.15. The van der Waals surface area contributed by atoms with Gasteiger partial charge in [-0.1, -0.05) is 23.8 Å². The summed E-state index contributed by atoms with van der Waals surface area (Å²) in [6, 6.07) is 6.19. The molecule has 1 fully saturated rings. The molecule has 140 valence electrons. The second-order valence-corrected chi connectivity index (χ2v) is 7.21.